The molecule has 0 saturated heterocycles. The van der Waals surface area contributed by atoms with Crippen molar-refractivity contribution in [3.05, 3.63) is 424 Å². The minimum Gasteiger partial charge on any atom is -0.292 e. The highest BCUT2D eigenvalue weighted by molar-refractivity contribution is 6.24. The van der Waals surface area contributed by atoms with Crippen molar-refractivity contribution in [3.63, 3.8) is 0 Å². The smallest absolute Gasteiger partial charge is 0.165 e. The molecule has 1 aliphatic carbocycles. The fourth-order valence-corrected chi connectivity index (χ4v) is 19.8. The summed E-state index contributed by atoms with van der Waals surface area (Å²) in [6, 6.07) is 142. The molecular formula is C116H74N10. The second kappa shape index (κ2) is 28.7. The lowest BCUT2D eigenvalue weighted by molar-refractivity contribution is 0.660. The molecule has 0 N–H and O–H groups in total. The van der Waals surface area contributed by atoms with Crippen LogP contribution in [0.15, 0.2) is 413 Å². The van der Waals surface area contributed by atoms with Crippen LogP contribution < -0.4 is 0 Å². The second-order valence-electron chi connectivity index (χ2n) is 33.5. The van der Waals surface area contributed by atoms with E-state index >= 15 is 0 Å². The predicted octanol–water partition coefficient (Wildman–Crippen LogP) is 29.5. The van der Waals surface area contributed by atoms with E-state index in [0.717, 1.165) is 117 Å². The van der Waals surface area contributed by atoms with Gasteiger partial charge in [-0.25, -0.2) is 29.9 Å². The van der Waals surface area contributed by atoms with Crippen molar-refractivity contribution < 1.29 is 0 Å². The van der Waals surface area contributed by atoms with Crippen LogP contribution in [-0.4, -0.2) is 48.6 Å². The van der Waals surface area contributed by atoms with E-state index in [9.17, 15) is 0 Å². The van der Waals surface area contributed by atoms with Gasteiger partial charge in [0.25, 0.3) is 0 Å². The van der Waals surface area contributed by atoms with Crippen molar-refractivity contribution in [2.24, 2.45) is 0 Å². The van der Waals surface area contributed by atoms with E-state index in [4.69, 9.17) is 29.9 Å². The Labute approximate surface area is 723 Å². The summed E-state index contributed by atoms with van der Waals surface area (Å²) in [6.07, 6.45) is 3.65. The topological polar surface area (TPSA) is 105 Å². The predicted molar refractivity (Wildman–Crippen MR) is 524 cm³/mol. The van der Waals surface area contributed by atoms with E-state index in [0.29, 0.717) is 0 Å². The Morgan fingerprint density at radius 1 is 0.206 bits per heavy atom. The molecule has 0 unspecified atom stereocenters. The van der Waals surface area contributed by atoms with Crippen molar-refractivity contribution in [3.8, 4) is 73.5 Å². The number of hydrogen-bond acceptors (Lipinski definition) is 7. The van der Waals surface area contributed by atoms with Gasteiger partial charge in [0.2, 0.25) is 0 Å². The Bertz CT molecular complexity index is 8830. The van der Waals surface area contributed by atoms with Crippen LogP contribution in [0.5, 0.6) is 0 Å². The number of hydrogen-bond donors (Lipinski definition) is 0. The molecule has 0 spiro atoms. The summed E-state index contributed by atoms with van der Waals surface area (Å²) in [7, 11) is 0. The zero-order valence-electron chi connectivity index (χ0n) is 68.7. The van der Waals surface area contributed by atoms with E-state index in [-0.39, 0.29) is 5.41 Å². The number of nitrogens with zero attached hydrogens (tertiary/aromatic N) is 10. The molecule has 588 valence electrons. The van der Waals surface area contributed by atoms with E-state index in [2.05, 4.69) is 354 Å². The van der Waals surface area contributed by atoms with Crippen LogP contribution in [0.1, 0.15) is 25.0 Å². The molecular weight excluding hydrogens is 1530 g/mol. The first-order valence-electron chi connectivity index (χ1n) is 42.9. The molecule has 26 aromatic rings. The Morgan fingerprint density at radius 2 is 0.532 bits per heavy atom. The zero-order chi connectivity index (χ0) is 83.2. The molecule has 10 heteroatoms. The highest BCUT2D eigenvalue weighted by Gasteiger charge is 2.36. The molecule has 0 atom stereocenters. The van der Waals surface area contributed by atoms with Gasteiger partial charge in [0.1, 0.15) is 17.1 Å². The lowest BCUT2D eigenvalue weighted by Crippen LogP contribution is -2.15. The Morgan fingerprint density at radius 3 is 0.984 bits per heavy atom. The summed E-state index contributed by atoms with van der Waals surface area (Å²) in [5.74, 6) is 2.48. The van der Waals surface area contributed by atoms with Gasteiger partial charge in [-0.3, -0.25) is 18.7 Å². The fourth-order valence-electron chi connectivity index (χ4n) is 19.8. The van der Waals surface area contributed by atoms with Crippen molar-refractivity contribution in [1.29, 1.82) is 0 Å². The summed E-state index contributed by atoms with van der Waals surface area (Å²) < 4.78 is 6.96. The number of aromatic nitrogens is 10. The number of para-hydroxylation sites is 6. The first kappa shape index (κ1) is 72.2. The van der Waals surface area contributed by atoms with Gasteiger partial charge in [0, 0.05) is 66.8 Å². The summed E-state index contributed by atoms with van der Waals surface area (Å²) >= 11 is 0. The molecule has 19 aromatic carbocycles. The highest BCUT2D eigenvalue weighted by Crippen LogP contribution is 2.51. The molecule has 126 heavy (non-hydrogen) atoms. The molecule has 0 bridgehead atoms. The Hall–Kier alpha value is -16.7. The maximum atomic E-state index is 5.42. The van der Waals surface area contributed by atoms with Crippen LogP contribution in [0.4, 0.5) is 0 Å². The average Bonchev–Trinajstić information content (AvgIpc) is 1.57. The molecule has 0 radical (unpaired) electrons. The summed E-state index contributed by atoms with van der Waals surface area (Å²) in [4.78, 5) is 36.1. The van der Waals surface area contributed by atoms with Crippen LogP contribution in [0.3, 0.4) is 0 Å². The Balaban J connectivity index is 0.000000104. The van der Waals surface area contributed by atoms with Gasteiger partial charge in [-0.15, -0.1) is 0 Å². The van der Waals surface area contributed by atoms with Crippen LogP contribution in [0.25, 0.3) is 237 Å². The minimum atomic E-state index is -0.114. The second-order valence-corrected chi connectivity index (χ2v) is 33.5. The van der Waals surface area contributed by atoms with E-state index in [1.54, 1.807) is 6.20 Å². The largest absolute Gasteiger partial charge is 0.292 e. The molecule has 0 fully saturated rings. The third-order valence-electron chi connectivity index (χ3n) is 25.9. The molecule has 0 aliphatic heterocycles. The van der Waals surface area contributed by atoms with Gasteiger partial charge in [0.05, 0.1) is 66.2 Å². The quantitative estimate of drug-likeness (QED) is 0.156. The Kier molecular flexibility index (Phi) is 16.5. The van der Waals surface area contributed by atoms with Crippen molar-refractivity contribution in [2.75, 3.05) is 0 Å². The monoisotopic (exact) mass is 1610 g/mol. The van der Waals surface area contributed by atoms with Gasteiger partial charge in [-0.05, 0) is 219 Å². The maximum Gasteiger partial charge on any atom is 0.165 e. The van der Waals surface area contributed by atoms with Crippen molar-refractivity contribution in [1.82, 2.24) is 48.6 Å². The standard InChI is InChI=1S/C43H29N3.C40H25N3.C33H20N4/c1-43(2)35-16-8-7-15-31(35)32-20-19-30(23-36(32)43)41-42(45-38-18-10-9-17-37(38)44-41)46-39-24-28-13-5-3-11-26(28)21-33(39)34-22-27-12-4-6-14-29(27)25-40(34)46;1-2-10-26(11-3-1)27-18-20-29(21-19-27)39-40(42-35-17-9-8-16-34(35)41-39)43-36-23-22-28-12-6-7-15-32(28)38(36)33-24-30-13-4-5-14-31(30)25-37(33)43;1-3-10-23-18-30-26(16-21(23)8-1)27-17-22-9-2-4-11-24(22)19-31(27)37(30)33-32(25-12-7-15-34-20-25)35-28-13-5-6-14-29(28)36-33/h3-25H,1-2H3;1-25H;1-20H. The normalized spacial score (nSPS) is 12.4. The molecule has 7 heterocycles. The van der Waals surface area contributed by atoms with Gasteiger partial charge in [-0.2, -0.15) is 0 Å². The van der Waals surface area contributed by atoms with E-state index in [1.807, 2.05) is 85.1 Å². The molecule has 7 aromatic heterocycles. The highest BCUT2D eigenvalue weighted by atomic mass is 15.1. The SMILES string of the molecule is CC1(C)c2ccccc2-c2ccc(-c3nc4ccccc4nc3-n3c4cc5ccccc5cc4c4cc5ccccc5cc43)cc21.c1ccc(-c2ccc(-c3nc4ccccc4nc3-n3c4cc5ccccc5cc4c4c5ccccc5ccc43)cc2)cc1.c1cncc(-c2nc3ccccc3nc2-n2c3cc4ccccc4cc3c3cc4ccccc4cc32)c1. The van der Waals surface area contributed by atoms with Gasteiger partial charge >= 0.3 is 0 Å². The average molecular weight is 1610 g/mol. The van der Waals surface area contributed by atoms with E-state index in [1.165, 1.54) is 130 Å². The molecule has 27 rings (SSSR count). The van der Waals surface area contributed by atoms with Crippen LogP contribution in [-0.2, 0) is 5.41 Å². The summed E-state index contributed by atoms with van der Waals surface area (Å²) in [6.45, 7) is 4.66. The lowest BCUT2D eigenvalue weighted by Gasteiger charge is -2.22. The van der Waals surface area contributed by atoms with Crippen LogP contribution in [0, 0.1) is 0 Å². The number of rotatable bonds is 7. The fraction of sp³-hybridized carbons (Fsp3) is 0.0259. The van der Waals surface area contributed by atoms with Crippen LogP contribution in [0.2, 0.25) is 0 Å². The van der Waals surface area contributed by atoms with Crippen LogP contribution >= 0.6 is 0 Å². The van der Waals surface area contributed by atoms with Crippen molar-refractivity contribution >= 4 is 163 Å². The molecule has 0 saturated carbocycles. The van der Waals surface area contributed by atoms with E-state index < -0.39 is 0 Å². The summed E-state index contributed by atoms with van der Waals surface area (Å²) in [5, 5.41) is 21.9. The number of pyridine rings is 1. The molecule has 0 amide bonds. The first-order chi connectivity index (χ1) is 62.2. The van der Waals surface area contributed by atoms with Crippen molar-refractivity contribution in [2.45, 2.75) is 19.3 Å². The first-order valence-corrected chi connectivity index (χ1v) is 42.9. The third-order valence-corrected chi connectivity index (χ3v) is 25.9. The number of fused-ring (bicyclic) bond motifs is 22. The lowest BCUT2D eigenvalue weighted by atomic mass is 9.82. The van der Waals surface area contributed by atoms with Gasteiger partial charge in [0.15, 0.2) is 17.5 Å². The third kappa shape index (κ3) is 11.7. The van der Waals surface area contributed by atoms with Gasteiger partial charge < -0.3 is 0 Å². The molecule has 10 nitrogen and oxygen atoms in total. The molecule has 1 aliphatic rings. The number of benzene rings is 19. The summed E-state index contributed by atoms with van der Waals surface area (Å²) in [5.41, 5.74) is 25.1. The van der Waals surface area contributed by atoms with Gasteiger partial charge in [-0.1, -0.05) is 293 Å². The minimum absolute atomic E-state index is 0.114. The maximum absolute atomic E-state index is 5.42. The zero-order valence-corrected chi connectivity index (χ0v) is 68.7.